The summed E-state index contributed by atoms with van der Waals surface area (Å²) in [5.41, 5.74) is -0.00764. The Morgan fingerprint density at radius 2 is 1.68 bits per heavy atom. The molecule has 2 rings (SSSR count). The number of alkyl halides is 3. The van der Waals surface area contributed by atoms with Crippen LogP contribution in [0.25, 0.3) is 0 Å². The van der Waals surface area contributed by atoms with Gasteiger partial charge in [-0.1, -0.05) is 12.1 Å². The molecule has 7 heteroatoms. The highest BCUT2D eigenvalue weighted by Crippen LogP contribution is 2.29. The van der Waals surface area contributed by atoms with E-state index in [9.17, 15) is 13.2 Å². The summed E-state index contributed by atoms with van der Waals surface area (Å²) in [6, 6.07) is 9.64. The van der Waals surface area contributed by atoms with Gasteiger partial charge >= 0.3 is 6.18 Å². The van der Waals surface area contributed by atoms with Gasteiger partial charge < -0.3 is 9.64 Å². The normalized spacial score (nSPS) is 12.8. The van der Waals surface area contributed by atoms with Gasteiger partial charge in [-0.3, -0.25) is 0 Å². The first-order chi connectivity index (χ1) is 10.3. The topological polar surface area (TPSA) is 38.2 Å². The second kappa shape index (κ2) is 6.21. The molecular formula is C15H16F3N3O. The maximum absolute atomic E-state index is 12.5. The van der Waals surface area contributed by atoms with Crippen LogP contribution in [0.2, 0.25) is 0 Å². The molecule has 0 N–H and O–H groups in total. The molecule has 0 aliphatic carbocycles. The van der Waals surface area contributed by atoms with Crippen molar-refractivity contribution in [1.29, 1.82) is 0 Å². The smallest absolute Gasteiger partial charge is 0.435 e. The van der Waals surface area contributed by atoms with Gasteiger partial charge in [-0.25, -0.2) is 0 Å². The van der Waals surface area contributed by atoms with E-state index in [0.717, 1.165) is 17.4 Å². The fourth-order valence-corrected chi connectivity index (χ4v) is 1.97. The van der Waals surface area contributed by atoms with Crippen LogP contribution in [0.4, 0.5) is 19.0 Å². The van der Waals surface area contributed by atoms with Crippen LogP contribution < -0.4 is 9.64 Å². The largest absolute Gasteiger partial charge is 0.497 e. The van der Waals surface area contributed by atoms with Crippen LogP contribution in [0.5, 0.6) is 5.75 Å². The Morgan fingerprint density at radius 3 is 2.14 bits per heavy atom. The summed E-state index contributed by atoms with van der Waals surface area (Å²) in [5, 5.41) is 6.89. The van der Waals surface area contributed by atoms with Crippen molar-refractivity contribution in [2.75, 3.05) is 19.1 Å². The minimum absolute atomic E-state index is 0.0723. The maximum Gasteiger partial charge on any atom is 0.435 e. The summed E-state index contributed by atoms with van der Waals surface area (Å²) in [6.45, 7) is 1.93. The van der Waals surface area contributed by atoms with E-state index in [4.69, 9.17) is 4.74 Å². The number of rotatable bonds is 4. The minimum atomic E-state index is -4.48. The van der Waals surface area contributed by atoms with E-state index in [1.807, 2.05) is 31.2 Å². The molecular weight excluding hydrogens is 295 g/mol. The van der Waals surface area contributed by atoms with E-state index in [2.05, 4.69) is 10.2 Å². The molecule has 1 unspecified atom stereocenters. The van der Waals surface area contributed by atoms with Crippen molar-refractivity contribution in [3.63, 3.8) is 0 Å². The number of hydrogen-bond acceptors (Lipinski definition) is 4. The highest BCUT2D eigenvalue weighted by atomic mass is 19.4. The molecule has 0 saturated heterocycles. The van der Waals surface area contributed by atoms with E-state index in [1.165, 1.54) is 6.07 Å². The summed E-state index contributed by atoms with van der Waals surface area (Å²) in [5.74, 6) is 1.12. The van der Waals surface area contributed by atoms with Gasteiger partial charge in [0.1, 0.15) is 5.75 Å². The van der Waals surface area contributed by atoms with Gasteiger partial charge in [0, 0.05) is 7.05 Å². The van der Waals surface area contributed by atoms with E-state index in [1.54, 1.807) is 19.1 Å². The molecule has 0 spiro atoms. The van der Waals surface area contributed by atoms with Gasteiger partial charge in [0.2, 0.25) is 0 Å². The van der Waals surface area contributed by atoms with Crippen LogP contribution in [0, 0.1) is 0 Å². The fourth-order valence-electron chi connectivity index (χ4n) is 1.97. The molecule has 2 aromatic rings. The quantitative estimate of drug-likeness (QED) is 0.863. The Labute approximate surface area is 126 Å². The van der Waals surface area contributed by atoms with E-state index < -0.39 is 11.9 Å². The molecule has 0 amide bonds. The zero-order valence-corrected chi connectivity index (χ0v) is 12.4. The highest BCUT2D eigenvalue weighted by Gasteiger charge is 2.33. The summed E-state index contributed by atoms with van der Waals surface area (Å²) in [4.78, 5) is 1.76. The van der Waals surface area contributed by atoms with Crippen molar-refractivity contribution in [3.05, 3.63) is 47.7 Å². The summed E-state index contributed by atoms with van der Waals surface area (Å²) >= 11 is 0. The number of ether oxygens (including phenoxy) is 1. The molecule has 0 saturated carbocycles. The lowest BCUT2D eigenvalue weighted by Gasteiger charge is -2.26. The molecule has 0 aliphatic heterocycles. The van der Waals surface area contributed by atoms with Crippen LogP contribution in [0.15, 0.2) is 36.4 Å². The Bertz CT molecular complexity index is 611. The van der Waals surface area contributed by atoms with Crippen molar-refractivity contribution >= 4 is 5.82 Å². The van der Waals surface area contributed by atoms with Crippen LogP contribution in [0.1, 0.15) is 24.2 Å². The average Bonchev–Trinajstić information content (AvgIpc) is 2.53. The van der Waals surface area contributed by atoms with Gasteiger partial charge in [-0.05, 0) is 36.8 Å². The molecule has 1 heterocycles. The van der Waals surface area contributed by atoms with Crippen molar-refractivity contribution < 1.29 is 17.9 Å². The van der Waals surface area contributed by atoms with Crippen LogP contribution in [-0.2, 0) is 6.18 Å². The fraction of sp³-hybridized carbons (Fsp3) is 0.333. The third-order valence-electron chi connectivity index (χ3n) is 3.48. The van der Waals surface area contributed by atoms with Gasteiger partial charge in [0.15, 0.2) is 11.5 Å². The first-order valence-electron chi connectivity index (χ1n) is 6.60. The number of benzene rings is 1. The zero-order valence-electron chi connectivity index (χ0n) is 12.4. The Hall–Kier alpha value is -2.31. The van der Waals surface area contributed by atoms with E-state index >= 15 is 0 Å². The molecule has 1 atom stereocenters. The number of methoxy groups -OCH3 is 1. The second-order valence-electron chi connectivity index (χ2n) is 4.83. The highest BCUT2D eigenvalue weighted by molar-refractivity contribution is 5.41. The molecule has 1 aromatic heterocycles. The predicted molar refractivity (Wildman–Crippen MR) is 76.8 cm³/mol. The van der Waals surface area contributed by atoms with Crippen molar-refractivity contribution in [1.82, 2.24) is 10.2 Å². The lowest BCUT2D eigenvalue weighted by atomic mass is 10.1. The van der Waals surface area contributed by atoms with Gasteiger partial charge in [-0.2, -0.15) is 13.2 Å². The van der Waals surface area contributed by atoms with Crippen molar-refractivity contribution in [2.45, 2.75) is 19.1 Å². The molecule has 0 bridgehead atoms. The number of hydrogen-bond donors (Lipinski definition) is 0. The Kier molecular flexibility index (Phi) is 4.54. The lowest BCUT2D eigenvalue weighted by molar-refractivity contribution is -0.141. The van der Waals surface area contributed by atoms with Crippen molar-refractivity contribution in [3.8, 4) is 5.75 Å². The van der Waals surface area contributed by atoms with Crippen LogP contribution in [0.3, 0.4) is 0 Å². The minimum Gasteiger partial charge on any atom is -0.497 e. The molecule has 0 fully saturated rings. The molecule has 4 nitrogen and oxygen atoms in total. The molecule has 0 aliphatic rings. The number of nitrogens with zero attached hydrogens (tertiary/aromatic N) is 3. The predicted octanol–water partition coefficient (Wildman–Crippen LogP) is 3.70. The summed E-state index contributed by atoms with van der Waals surface area (Å²) in [7, 11) is 3.34. The first kappa shape index (κ1) is 16.1. The Morgan fingerprint density at radius 1 is 1.05 bits per heavy atom. The molecule has 0 radical (unpaired) electrons. The van der Waals surface area contributed by atoms with Gasteiger partial charge in [0.25, 0.3) is 0 Å². The summed E-state index contributed by atoms with van der Waals surface area (Å²) in [6.07, 6.45) is -4.48. The standard InChI is InChI=1S/C15H16F3N3O/c1-10(11-4-6-12(22-3)7-5-11)21(2)14-9-8-13(19-20-14)15(16,17)18/h4-10H,1-3H3. The zero-order chi connectivity index (χ0) is 16.3. The number of halogens is 3. The molecule has 22 heavy (non-hydrogen) atoms. The first-order valence-corrected chi connectivity index (χ1v) is 6.60. The average molecular weight is 311 g/mol. The molecule has 1 aromatic carbocycles. The van der Waals surface area contributed by atoms with E-state index in [0.29, 0.717) is 5.82 Å². The monoisotopic (exact) mass is 311 g/mol. The van der Waals surface area contributed by atoms with E-state index in [-0.39, 0.29) is 6.04 Å². The molecule has 118 valence electrons. The van der Waals surface area contributed by atoms with Crippen molar-refractivity contribution in [2.24, 2.45) is 0 Å². The maximum atomic E-state index is 12.5. The second-order valence-corrected chi connectivity index (χ2v) is 4.83. The Balaban J connectivity index is 2.17. The van der Waals surface area contributed by atoms with Gasteiger partial charge in [-0.15, -0.1) is 10.2 Å². The number of anilines is 1. The third kappa shape index (κ3) is 3.47. The number of aromatic nitrogens is 2. The van der Waals surface area contributed by atoms with Crippen LogP contribution in [-0.4, -0.2) is 24.4 Å². The lowest BCUT2D eigenvalue weighted by Crippen LogP contribution is -2.23. The SMILES string of the molecule is COc1ccc(C(C)N(C)c2ccc(C(F)(F)F)nn2)cc1. The summed E-state index contributed by atoms with van der Waals surface area (Å²) < 4.78 is 42.6. The third-order valence-corrected chi connectivity index (χ3v) is 3.48. The van der Waals surface area contributed by atoms with Gasteiger partial charge in [0.05, 0.1) is 13.2 Å². The van der Waals surface area contributed by atoms with Crippen LogP contribution >= 0.6 is 0 Å².